The largest absolute Gasteiger partial charge is 0.381 e. The average molecular weight is 237 g/mol. The van der Waals surface area contributed by atoms with E-state index in [4.69, 9.17) is 4.74 Å². The van der Waals surface area contributed by atoms with Crippen molar-refractivity contribution < 1.29 is 9.53 Å². The number of hydrogen-bond donors (Lipinski definition) is 1. The van der Waals surface area contributed by atoms with Crippen LogP contribution in [0.2, 0.25) is 0 Å². The van der Waals surface area contributed by atoms with Gasteiger partial charge in [-0.25, -0.2) is 0 Å². The predicted molar refractivity (Wildman–Crippen MR) is 64.9 cm³/mol. The van der Waals surface area contributed by atoms with Crippen LogP contribution in [0.15, 0.2) is 12.3 Å². The Labute approximate surface area is 101 Å². The lowest BCUT2D eigenvalue weighted by Crippen LogP contribution is -2.20. The van der Waals surface area contributed by atoms with E-state index in [1.807, 2.05) is 23.9 Å². The van der Waals surface area contributed by atoms with Crippen LogP contribution < -0.4 is 5.32 Å². The molecule has 1 fully saturated rings. The van der Waals surface area contributed by atoms with Gasteiger partial charge in [0.25, 0.3) is 0 Å². The minimum atomic E-state index is 0.0322. The molecule has 17 heavy (non-hydrogen) atoms. The van der Waals surface area contributed by atoms with E-state index in [1.54, 1.807) is 0 Å². The summed E-state index contributed by atoms with van der Waals surface area (Å²) in [6, 6.07) is 2.25. The molecule has 1 amide bonds. The number of carbonyl (C=O) groups excluding carboxylic acids is 1. The second-order valence-electron chi connectivity index (χ2n) is 4.32. The molecule has 1 N–H and O–H groups in total. The third kappa shape index (κ3) is 3.30. The zero-order valence-electron chi connectivity index (χ0n) is 10.2. The highest BCUT2D eigenvalue weighted by Gasteiger charge is 2.16. The molecule has 0 unspecified atom stereocenters. The molecule has 1 aromatic heterocycles. The predicted octanol–water partition coefficient (Wildman–Crippen LogP) is 1.97. The van der Waals surface area contributed by atoms with E-state index in [9.17, 15) is 4.79 Å². The number of hydrogen-bond acceptors (Lipinski definition) is 3. The molecule has 0 spiro atoms. The Morgan fingerprint density at radius 2 is 2.35 bits per heavy atom. The monoisotopic (exact) mass is 237 g/mol. The Balaban J connectivity index is 1.93. The van der Waals surface area contributed by atoms with Crippen LogP contribution in [0.3, 0.4) is 0 Å². The van der Waals surface area contributed by atoms with Gasteiger partial charge in [-0.1, -0.05) is 6.92 Å². The van der Waals surface area contributed by atoms with Crippen LogP contribution in [-0.4, -0.2) is 28.9 Å². The number of anilines is 1. The van der Waals surface area contributed by atoms with Gasteiger partial charge in [-0.2, -0.15) is 5.10 Å². The van der Waals surface area contributed by atoms with E-state index >= 15 is 0 Å². The van der Waals surface area contributed by atoms with Crippen LogP contribution >= 0.6 is 0 Å². The lowest BCUT2D eigenvalue weighted by Gasteiger charge is -2.22. The Hall–Kier alpha value is -1.36. The Bertz CT molecular complexity index is 370. The van der Waals surface area contributed by atoms with Gasteiger partial charge in [0.1, 0.15) is 0 Å². The van der Waals surface area contributed by atoms with Gasteiger partial charge in [-0.15, -0.1) is 0 Å². The molecule has 94 valence electrons. The SMILES string of the molecule is CCCC(=O)Nc1ccn(C2CCOCC2)n1. The minimum absolute atomic E-state index is 0.0322. The molecule has 1 saturated heterocycles. The molecule has 0 aromatic carbocycles. The third-order valence-corrected chi connectivity index (χ3v) is 2.92. The van der Waals surface area contributed by atoms with E-state index in [0.29, 0.717) is 18.3 Å². The van der Waals surface area contributed by atoms with Crippen molar-refractivity contribution in [2.45, 2.75) is 38.6 Å². The van der Waals surface area contributed by atoms with Crippen molar-refractivity contribution in [3.8, 4) is 0 Å². The lowest BCUT2D eigenvalue weighted by molar-refractivity contribution is -0.116. The number of nitrogens with one attached hydrogen (secondary N) is 1. The number of aromatic nitrogens is 2. The molecule has 0 aliphatic carbocycles. The first-order valence-electron chi connectivity index (χ1n) is 6.22. The molecular weight excluding hydrogens is 218 g/mol. The summed E-state index contributed by atoms with van der Waals surface area (Å²) < 4.78 is 7.25. The number of ether oxygens (including phenoxy) is 1. The van der Waals surface area contributed by atoms with E-state index in [-0.39, 0.29) is 5.91 Å². The summed E-state index contributed by atoms with van der Waals surface area (Å²) in [6.07, 6.45) is 5.31. The highest BCUT2D eigenvalue weighted by atomic mass is 16.5. The second kappa shape index (κ2) is 5.82. The van der Waals surface area contributed by atoms with Gasteiger partial charge < -0.3 is 10.1 Å². The van der Waals surface area contributed by atoms with Crippen molar-refractivity contribution in [2.24, 2.45) is 0 Å². The Morgan fingerprint density at radius 1 is 1.59 bits per heavy atom. The Kier molecular flexibility index (Phi) is 4.14. The van der Waals surface area contributed by atoms with Crippen LogP contribution in [0.1, 0.15) is 38.6 Å². The van der Waals surface area contributed by atoms with Crippen LogP contribution in [0.25, 0.3) is 0 Å². The summed E-state index contributed by atoms with van der Waals surface area (Å²) >= 11 is 0. The van der Waals surface area contributed by atoms with Crippen molar-refractivity contribution >= 4 is 11.7 Å². The fourth-order valence-electron chi connectivity index (χ4n) is 1.99. The van der Waals surface area contributed by atoms with Crippen LogP contribution in [0, 0.1) is 0 Å². The Morgan fingerprint density at radius 3 is 3.06 bits per heavy atom. The molecule has 5 nitrogen and oxygen atoms in total. The van der Waals surface area contributed by atoms with Crippen molar-refractivity contribution in [3.05, 3.63) is 12.3 Å². The van der Waals surface area contributed by atoms with Crippen LogP contribution in [-0.2, 0) is 9.53 Å². The fourth-order valence-corrected chi connectivity index (χ4v) is 1.99. The van der Waals surface area contributed by atoms with Gasteiger partial charge >= 0.3 is 0 Å². The molecule has 1 aromatic rings. The standard InChI is InChI=1S/C12H19N3O2/c1-2-3-12(16)13-11-4-7-15(14-11)10-5-8-17-9-6-10/h4,7,10H,2-3,5-6,8-9H2,1H3,(H,13,14,16). The summed E-state index contributed by atoms with van der Waals surface area (Å²) in [5.74, 6) is 0.680. The number of nitrogens with zero attached hydrogens (tertiary/aromatic N) is 2. The van der Waals surface area contributed by atoms with Crippen molar-refractivity contribution in [1.82, 2.24) is 9.78 Å². The number of amides is 1. The highest BCUT2D eigenvalue weighted by Crippen LogP contribution is 2.20. The molecule has 0 radical (unpaired) electrons. The summed E-state index contributed by atoms with van der Waals surface area (Å²) in [7, 11) is 0. The summed E-state index contributed by atoms with van der Waals surface area (Å²) in [6.45, 7) is 3.57. The third-order valence-electron chi connectivity index (χ3n) is 2.92. The maximum Gasteiger partial charge on any atom is 0.225 e. The maximum atomic E-state index is 11.4. The van der Waals surface area contributed by atoms with Crippen LogP contribution in [0.5, 0.6) is 0 Å². The topological polar surface area (TPSA) is 56.2 Å². The van der Waals surface area contributed by atoms with E-state index in [1.165, 1.54) is 0 Å². The van der Waals surface area contributed by atoms with Gasteiger partial charge in [0.15, 0.2) is 5.82 Å². The first-order valence-corrected chi connectivity index (χ1v) is 6.22. The molecule has 2 rings (SSSR count). The molecular formula is C12H19N3O2. The molecule has 0 saturated carbocycles. The van der Waals surface area contributed by atoms with Gasteiger partial charge in [0.2, 0.25) is 5.91 Å². The molecule has 0 bridgehead atoms. The van der Waals surface area contributed by atoms with E-state index < -0.39 is 0 Å². The van der Waals surface area contributed by atoms with Gasteiger partial charge in [-0.3, -0.25) is 9.48 Å². The maximum absolute atomic E-state index is 11.4. The summed E-state index contributed by atoms with van der Waals surface area (Å²) in [5, 5.41) is 7.19. The van der Waals surface area contributed by atoms with Crippen molar-refractivity contribution in [2.75, 3.05) is 18.5 Å². The molecule has 1 aliphatic rings. The van der Waals surface area contributed by atoms with Crippen LogP contribution in [0.4, 0.5) is 5.82 Å². The molecule has 1 aliphatic heterocycles. The molecule has 0 atom stereocenters. The van der Waals surface area contributed by atoms with E-state index in [2.05, 4.69) is 10.4 Å². The first-order chi connectivity index (χ1) is 8.29. The normalized spacial score (nSPS) is 17.0. The van der Waals surface area contributed by atoms with Gasteiger partial charge in [0.05, 0.1) is 6.04 Å². The first kappa shape index (κ1) is 12.1. The zero-order chi connectivity index (χ0) is 12.1. The fraction of sp³-hybridized carbons (Fsp3) is 0.667. The van der Waals surface area contributed by atoms with Gasteiger partial charge in [-0.05, 0) is 19.3 Å². The second-order valence-corrected chi connectivity index (χ2v) is 4.32. The smallest absolute Gasteiger partial charge is 0.225 e. The highest BCUT2D eigenvalue weighted by molar-refractivity contribution is 5.89. The summed E-state index contributed by atoms with van der Waals surface area (Å²) in [4.78, 5) is 11.4. The van der Waals surface area contributed by atoms with Crippen molar-refractivity contribution in [1.29, 1.82) is 0 Å². The minimum Gasteiger partial charge on any atom is -0.381 e. The van der Waals surface area contributed by atoms with Gasteiger partial charge in [0, 0.05) is 31.9 Å². The quantitative estimate of drug-likeness (QED) is 0.871. The number of rotatable bonds is 4. The number of carbonyl (C=O) groups is 1. The summed E-state index contributed by atoms with van der Waals surface area (Å²) in [5.41, 5.74) is 0. The lowest BCUT2D eigenvalue weighted by atomic mass is 10.1. The van der Waals surface area contributed by atoms with Crippen molar-refractivity contribution in [3.63, 3.8) is 0 Å². The van der Waals surface area contributed by atoms with E-state index in [0.717, 1.165) is 32.5 Å². The zero-order valence-corrected chi connectivity index (χ0v) is 10.2. The molecule has 2 heterocycles. The molecule has 5 heteroatoms. The average Bonchev–Trinajstić information content (AvgIpc) is 2.79.